The van der Waals surface area contributed by atoms with E-state index in [-0.39, 0.29) is 29.6 Å². The van der Waals surface area contributed by atoms with Crippen LogP contribution in [0.5, 0.6) is 0 Å². The molecule has 0 radical (unpaired) electrons. The number of hydrogen-bond donors (Lipinski definition) is 0. The zero-order chi connectivity index (χ0) is 17.6. The molecule has 1 amide bonds. The quantitative estimate of drug-likeness (QED) is 0.644. The van der Waals surface area contributed by atoms with Gasteiger partial charge in [-0.25, -0.2) is 0 Å². The number of hydrogen-bond acceptors (Lipinski definition) is 3. The van der Waals surface area contributed by atoms with E-state index >= 15 is 0 Å². The maximum Gasteiger partial charge on any atom is 0.223 e. The van der Waals surface area contributed by atoms with Crippen molar-refractivity contribution in [1.82, 2.24) is 4.90 Å². The summed E-state index contributed by atoms with van der Waals surface area (Å²) in [7, 11) is 1.83. The lowest BCUT2D eigenvalue weighted by atomic mass is 9.77. The molecule has 23 heavy (non-hydrogen) atoms. The average molecular weight is 323 g/mol. The molecule has 0 aromatic rings. The first-order chi connectivity index (χ1) is 10.8. The van der Waals surface area contributed by atoms with Gasteiger partial charge in [0.1, 0.15) is 12.1 Å². The molecule has 0 N–H and O–H groups in total. The standard InChI is InChI=1S/C19H33NO3/c1-13(2)17(12-21)10-18(22)20(5)11-15-6-8-16(9-7-15)19(23)14(3)4/h12-17H,6-11H2,1-5H3. The number of Topliss-reactive ketones (excluding diaryl/α,β-unsaturated/α-hetero) is 1. The van der Waals surface area contributed by atoms with Gasteiger partial charge in [0, 0.05) is 37.8 Å². The molecule has 1 fully saturated rings. The van der Waals surface area contributed by atoms with Gasteiger partial charge in [0.15, 0.2) is 0 Å². The highest BCUT2D eigenvalue weighted by atomic mass is 16.2. The molecule has 0 aliphatic heterocycles. The predicted octanol–water partition coefficient (Wildman–Crippen LogP) is 3.34. The molecule has 0 aromatic heterocycles. The summed E-state index contributed by atoms with van der Waals surface area (Å²) in [6.45, 7) is 8.63. The van der Waals surface area contributed by atoms with E-state index in [0.717, 1.165) is 38.5 Å². The lowest BCUT2D eigenvalue weighted by Gasteiger charge is -2.31. The number of aldehydes is 1. The smallest absolute Gasteiger partial charge is 0.223 e. The van der Waals surface area contributed by atoms with Crippen LogP contribution in [0.2, 0.25) is 0 Å². The summed E-state index contributed by atoms with van der Waals surface area (Å²) in [6.07, 6.45) is 5.14. The number of nitrogens with zero attached hydrogens (tertiary/aromatic N) is 1. The summed E-state index contributed by atoms with van der Waals surface area (Å²) in [5.74, 6) is 1.26. The molecule has 4 nitrogen and oxygen atoms in total. The Kier molecular flexibility index (Phi) is 7.93. The van der Waals surface area contributed by atoms with Gasteiger partial charge in [-0.3, -0.25) is 9.59 Å². The van der Waals surface area contributed by atoms with Crippen LogP contribution in [0.25, 0.3) is 0 Å². The van der Waals surface area contributed by atoms with Crippen LogP contribution in [0.1, 0.15) is 59.8 Å². The minimum absolute atomic E-state index is 0.0520. The van der Waals surface area contributed by atoms with Crippen molar-refractivity contribution in [3.63, 3.8) is 0 Å². The molecule has 1 unspecified atom stereocenters. The molecule has 0 bridgehead atoms. The molecule has 1 aliphatic carbocycles. The van der Waals surface area contributed by atoms with Gasteiger partial charge < -0.3 is 9.69 Å². The van der Waals surface area contributed by atoms with Gasteiger partial charge in [0.25, 0.3) is 0 Å². The van der Waals surface area contributed by atoms with Crippen LogP contribution in [0.3, 0.4) is 0 Å². The Labute approximate surface area is 141 Å². The van der Waals surface area contributed by atoms with E-state index < -0.39 is 0 Å². The maximum absolute atomic E-state index is 12.3. The summed E-state index contributed by atoms with van der Waals surface area (Å²) in [4.78, 5) is 37.1. The van der Waals surface area contributed by atoms with Crippen LogP contribution in [0.15, 0.2) is 0 Å². The van der Waals surface area contributed by atoms with Gasteiger partial charge in [-0.2, -0.15) is 0 Å². The maximum atomic E-state index is 12.3. The van der Waals surface area contributed by atoms with E-state index in [4.69, 9.17) is 0 Å². The van der Waals surface area contributed by atoms with Crippen LogP contribution in [-0.2, 0) is 14.4 Å². The van der Waals surface area contributed by atoms with Crippen LogP contribution >= 0.6 is 0 Å². The van der Waals surface area contributed by atoms with Gasteiger partial charge in [-0.05, 0) is 37.5 Å². The van der Waals surface area contributed by atoms with E-state index in [9.17, 15) is 14.4 Å². The molecule has 0 saturated heterocycles. The van der Waals surface area contributed by atoms with Gasteiger partial charge >= 0.3 is 0 Å². The van der Waals surface area contributed by atoms with E-state index in [1.54, 1.807) is 4.90 Å². The molecule has 1 atom stereocenters. The Bertz CT molecular complexity index is 409. The Balaban J connectivity index is 2.41. The number of rotatable bonds is 8. The molecule has 1 rings (SSSR count). The fourth-order valence-electron chi connectivity index (χ4n) is 3.39. The van der Waals surface area contributed by atoms with Crippen molar-refractivity contribution < 1.29 is 14.4 Å². The summed E-state index contributed by atoms with van der Waals surface area (Å²) in [5.41, 5.74) is 0. The van der Waals surface area contributed by atoms with Crippen molar-refractivity contribution in [3.8, 4) is 0 Å². The summed E-state index contributed by atoms with van der Waals surface area (Å²) >= 11 is 0. The van der Waals surface area contributed by atoms with Crippen molar-refractivity contribution in [2.45, 2.75) is 59.8 Å². The summed E-state index contributed by atoms with van der Waals surface area (Å²) < 4.78 is 0. The largest absolute Gasteiger partial charge is 0.345 e. The Morgan fingerprint density at radius 2 is 1.65 bits per heavy atom. The van der Waals surface area contributed by atoms with E-state index in [2.05, 4.69) is 0 Å². The highest BCUT2D eigenvalue weighted by molar-refractivity contribution is 5.82. The normalized spacial score (nSPS) is 22.9. The first kappa shape index (κ1) is 19.9. The highest BCUT2D eigenvalue weighted by Gasteiger charge is 2.29. The van der Waals surface area contributed by atoms with Crippen molar-refractivity contribution in [2.75, 3.05) is 13.6 Å². The minimum atomic E-state index is -0.190. The lowest BCUT2D eigenvalue weighted by Crippen LogP contribution is -2.36. The zero-order valence-electron chi connectivity index (χ0n) is 15.4. The molecule has 1 saturated carbocycles. The van der Waals surface area contributed by atoms with E-state index in [0.29, 0.717) is 18.1 Å². The third-order valence-corrected chi connectivity index (χ3v) is 5.22. The summed E-state index contributed by atoms with van der Waals surface area (Å²) in [6, 6.07) is 0. The van der Waals surface area contributed by atoms with Gasteiger partial charge in [-0.1, -0.05) is 27.7 Å². The van der Waals surface area contributed by atoms with Gasteiger partial charge in [-0.15, -0.1) is 0 Å². The average Bonchev–Trinajstić information content (AvgIpc) is 2.51. The minimum Gasteiger partial charge on any atom is -0.345 e. The van der Waals surface area contributed by atoms with Crippen LogP contribution in [0, 0.1) is 29.6 Å². The van der Waals surface area contributed by atoms with Crippen molar-refractivity contribution in [1.29, 1.82) is 0 Å². The second kappa shape index (κ2) is 9.19. The number of carbonyl (C=O) groups is 3. The van der Waals surface area contributed by atoms with Crippen molar-refractivity contribution >= 4 is 18.0 Å². The Morgan fingerprint density at radius 1 is 1.09 bits per heavy atom. The number of amides is 1. The topological polar surface area (TPSA) is 54.5 Å². The molecule has 0 spiro atoms. The first-order valence-corrected chi connectivity index (χ1v) is 8.99. The summed E-state index contributed by atoms with van der Waals surface area (Å²) in [5, 5.41) is 0. The molecule has 1 aliphatic rings. The van der Waals surface area contributed by atoms with E-state index in [1.165, 1.54) is 0 Å². The highest BCUT2D eigenvalue weighted by Crippen LogP contribution is 2.31. The van der Waals surface area contributed by atoms with Crippen LogP contribution < -0.4 is 0 Å². The van der Waals surface area contributed by atoms with Gasteiger partial charge in [0.05, 0.1) is 0 Å². The van der Waals surface area contributed by atoms with Crippen molar-refractivity contribution in [2.24, 2.45) is 29.6 Å². The fourth-order valence-corrected chi connectivity index (χ4v) is 3.39. The molecule has 132 valence electrons. The third-order valence-electron chi connectivity index (χ3n) is 5.22. The van der Waals surface area contributed by atoms with Gasteiger partial charge in [0.2, 0.25) is 5.91 Å². The second-order valence-electron chi connectivity index (χ2n) is 7.80. The Hall–Kier alpha value is -1.19. The molecule has 4 heteroatoms. The lowest BCUT2D eigenvalue weighted by molar-refractivity contribution is -0.134. The molecular formula is C19H33NO3. The molecule has 0 heterocycles. The molecule has 0 aromatic carbocycles. The Morgan fingerprint density at radius 3 is 2.09 bits per heavy atom. The van der Waals surface area contributed by atoms with Crippen molar-refractivity contribution in [3.05, 3.63) is 0 Å². The third kappa shape index (κ3) is 6.08. The van der Waals surface area contributed by atoms with E-state index in [1.807, 2.05) is 34.7 Å². The monoisotopic (exact) mass is 323 g/mol. The fraction of sp³-hybridized carbons (Fsp3) is 0.842. The first-order valence-electron chi connectivity index (χ1n) is 8.99. The second-order valence-corrected chi connectivity index (χ2v) is 7.80. The molecular weight excluding hydrogens is 290 g/mol. The number of carbonyl (C=O) groups excluding carboxylic acids is 3. The van der Waals surface area contributed by atoms with Crippen LogP contribution in [-0.4, -0.2) is 36.5 Å². The zero-order valence-corrected chi connectivity index (χ0v) is 15.4. The number of ketones is 1. The van der Waals surface area contributed by atoms with Crippen LogP contribution in [0.4, 0.5) is 0 Å². The predicted molar refractivity (Wildman–Crippen MR) is 91.9 cm³/mol. The SMILES string of the molecule is CC(C)C(=O)C1CCC(CN(C)C(=O)CC(C=O)C(C)C)CC1.